The van der Waals surface area contributed by atoms with Crippen molar-refractivity contribution in [1.82, 2.24) is 0 Å². The van der Waals surface area contributed by atoms with Gasteiger partial charge in [0.2, 0.25) is 0 Å². The summed E-state index contributed by atoms with van der Waals surface area (Å²) >= 11 is 2.41. The van der Waals surface area contributed by atoms with Gasteiger partial charge in [0.25, 0.3) is 0 Å². The smallest absolute Gasteiger partial charge is 0.00500 e. The lowest BCUT2D eigenvalue weighted by Crippen LogP contribution is -2.24. The zero-order chi connectivity index (χ0) is 19.2. The van der Waals surface area contributed by atoms with Crippen LogP contribution in [0.1, 0.15) is 129 Å². The van der Waals surface area contributed by atoms with E-state index in [4.69, 9.17) is 0 Å². The minimum atomic E-state index is 1.02. The van der Waals surface area contributed by atoms with Crippen molar-refractivity contribution < 1.29 is 0 Å². The van der Waals surface area contributed by atoms with Crippen molar-refractivity contribution in [3.8, 4) is 0 Å². The molecular weight excluding hydrogens is 356 g/mol. The molecule has 0 aromatic rings. The Labute approximate surface area is 180 Å². The molecule has 162 valence electrons. The molecule has 0 spiro atoms. The molecular formula is C27H48S. The standard InChI is InChI=1S/C27H48S/c1-21-7-9-22(10-8-21)19-23-11-13-24(14-12-23)20-25-15-17-27(18-16-25)28-26-5-3-2-4-6-26/h21-27H,2-20H2,1H3. The topological polar surface area (TPSA) is 0 Å². The highest BCUT2D eigenvalue weighted by Crippen LogP contribution is 2.43. The van der Waals surface area contributed by atoms with Gasteiger partial charge in [-0.2, -0.15) is 11.8 Å². The van der Waals surface area contributed by atoms with Crippen LogP contribution in [0.3, 0.4) is 0 Å². The number of hydrogen-bond acceptors (Lipinski definition) is 1. The highest BCUT2D eigenvalue weighted by molar-refractivity contribution is 8.00. The molecule has 0 heterocycles. The molecule has 0 aliphatic heterocycles. The molecule has 0 aromatic carbocycles. The van der Waals surface area contributed by atoms with E-state index in [1.807, 2.05) is 0 Å². The zero-order valence-corrected chi connectivity index (χ0v) is 19.7. The fourth-order valence-electron chi connectivity index (χ4n) is 7.19. The third-order valence-corrected chi connectivity index (χ3v) is 10.9. The van der Waals surface area contributed by atoms with Crippen LogP contribution in [0.2, 0.25) is 0 Å². The van der Waals surface area contributed by atoms with Crippen LogP contribution in [0.25, 0.3) is 0 Å². The van der Waals surface area contributed by atoms with Crippen LogP contribution in [-0.4, -0.2) is 10.5 Å². The van der Waals surface area contributed by atoms with E-state index in [-0.39, 0.29) is 0 Å². The van der Waals surface area contributed by atoms with Crippen molar-refractivity contribution in [3.63, 3.8) is 0 Å². The molecule has 0 radical (unpaired) electrons. The molecule has 4 saturated carbocycles. The number of hydrogen-bond donors (Lipinski definition) is 0. The van der Waals surface area contributed by atoms with Crippen LogP contribution in [0.5, 0.6) is 0 Å². The van der Waals surface area contributed by atoms with E-state index in [9.17, 15) is 0 Å². The quantitative estimate of drug-likeness (QED) is 0.425. The number of thioether (sulfide) groups is 1. The van der Waals surface area contributed by atoms with Gasteiger partial charge in [0, 0.05) is 10.5 Å². The SMILES string of the molecule is CC1CCC(CC2CCC(CC3CCC(SC4CCCCC4)CC3)CC2)CC1. The summed E-state index contributed by atoms with van der Waals surface area (Å²) in [6.07, 6.45) is 29.4. The Morgan fingerprint density at radius 3 is 1.36 bits per heavy atom. The Balaban J connectivity index is 1.08. The van der Waals surface area contributed by atoms with Gasteiger partial charge in [0.15, 0.2) is 0 Å². The maximum absolute atomic E-state index is 2.46. The minimum absolute atomic E-state index is 1.02. The summed E-state index contributed by atoms with van der Waals surface area (Å²) in [5.74, 6) is 5.38. The van der Waals surface area contributed by atoms with E-state index in [0.29, 0.717) is 0 Å². The van der Waals surface area contributed by atoms with Gasteiger partial charge < -0.3 is 0 Å². The third kappa shape index (κ3) is 6.68. The van der Waals surface area contributed by atoms with Gasteiger partial charge in [0.1, 0.15) is 0 Å². The van der Waals surface area contributed by atoms with Crippen LogP contribution < -0.4 is 0 Å². The van der Waals surface area contributed by atoms with Gasteiger partial charge in [-0.05, 0) is 81.0 Å². The summed E-state index contributed by atoms with van der Waals surface area (Å²) in [5, 5.41) is 2.05. The average molecular weight is 405 g/mol. The Bertz CT molecular complexity index is 416. The molecule has 0 N–H and O–H groups in total. The molecule has 0 unspecified atom stereocenters. The molecule has 4 rings (SSSR count). The first kappa shape index (κ1) is 21.6. The second-order valence-electron chi connectivity index (χ2n) is 11.5. The first-order valence-corrected chi connectivity index (χ1v) is 14.3. The van der Waals surface area contributed by atoms with Crippen LogP contribution >= 0.6 is 11.8 Å². The monoisotopic (exact) mass is 404 g/mol. The predicted octanol–water partition coefficient (Wildman–Crippen LogP) is 9.02. The molecule has 0 amide bonds. The first-order valence-electron chi connectivity index (χ1n) is 13.4. The van der Waals surface area contributed by atoms with E-state index in [1.165, 1.54) is 44.9 Å². The maximum Gasteiger partial charge on any atom is 0.00500 e. The van der Waals surface area contributed by atoms with Crippen LogP contribution in [0.4, 0.5) is 0 Å². The average Bonchev–Trinajstić information content (AvgIpc) is 2.73. The molecule has 4 fully saturated rings. The Kier molecular flexibility index (Phi) is 8.56. The molecule has 28 heavy (non-hydrogen) atoms. The lowest BCUT2D eigenvalue weighted by atomic mass is 9.71. The molecule has 4 aliphatic carbocycles. The zero-order valence-electron chi connectivity index (χ0n) is 18.9. The van der Waals surface area contributed by atoms with Gasteiger partial charge in [0.05, 0.1) is 0 Å². The van der Waals surface area contributed by atoms with Crippen molar-refractivity contribution in [2.45, 2.75) is 139 Å². The second kappa shape index (κ2) is 11.1. The summed E-state index contributed by atoms with van der Waals surface area (Å²) in [6.45, 7) is 2.46. The molecule has 1 heteroatoms. The number of rotatable bonds is 6. The van der Waals surface area contributed by atoms with E-state index in [0.717, 1.165) is 40.1 Å². The van der Waals surface area contributed by atoms with Gasteiger partial charge >= 0.3 is 0 Å². The van der Waals surface area contributed by atoms with Crippen molar-refractivity contribution in [1.29, 1.82) is 0 Å². The van der Waals surface area contributed by atoms with Crippen LogP contribution in [0, 0.1) is 29.6 Å². The van der Waals surface area contributed by atoms with Gasteiger partial charge in [-0.15, -0.1) is 0 Å². The second-order valence-corrected chi connectivity index (χ2v) is 13.1. The summed E-state index contributed by atoms with van der Waals surface area (Å²) in [5.41, 5.74) is 0. The first-order chi connectivity index (χ1) is 13.7. The lowest BCUT2D eigenvalue weighted by molar-refractivity contribution is 0.175. The van der Waals surface area contributed by atoms with E-state index >= 15 is 0 Å². The largest absolute Gasteiger partial charge is 0.155 e. The molecule has 0 bridgehead atoms. The Hall–Kier alpha value is 0.350. The van der Waals surface area contributed by atoms with E-state index < -0.39 is 0 Å². The van der Waals surface area contributed by atoms with Gasteiger partial charge in [-0.3, -0.25) is 0 Å². The van der Waals surface area contributed by atoms with Gasteiger partial charge in [-0.25, -0.2) is 0 Å². The highest BCUT2D eigenvalue weighted by Gasteiger charge is 2.30. The van der Waals surface area contributed by atoms with Gasteiger partial charge in [-0.1, -0.05) is 77.6 Å². The van der Waals surface area contributed by atoms with Crippen molar-refractivity contribution in [2.75, 3.05) is 0 Å². The summed E-state index contributed by atoms with van der Waals surface area (Å²) < 4.78 is 0. The Morgan fingerprint density at radius 2 is 0.857 bits per heavy atom. The molecule has 0 nitrogen and oxygen atoms in total. The van der Waals surface area contributed by atoms with Crippen molar-refractivity contribution in [2.24, 2.45) is 29.6 Å². The molecule has 0 aromatic heterocycles. The highest BCUT2D eigenvalue weighted by atomic mass is 32.2. The Morgan fingerprint density at radius 1 is 0.464 bits per heavy atom. The third-order valence-electron chi connectivity index (χ3n) is 9.17. The predicted molar refractivity (Wildman–Crippen MR) is 126 cm³/mol. The summed E-state index contributed by atoms with van der Waals surface area (Å²) in [6, 6.07) is 0. The van der Waals surface area contributed by atoms with Crippen molar-refractivity contribution in [3.05, 3.63) is 0 Å². The fourth-order valence-corrected chi connectivity index (χ4v) is 8.88. The molecule has 0 atom stereocenters. The summed E-state index contributed by atoms with van der Waals surface area (Å²) in [7, 11) is 0. The van der Waals surface area contributed by atoms with E-state index in [1.54, 1.807) is 77.0 Å². The van der Waals surface area contributed by atoms with Crippen molar-refractivity contribution >= 4 is 11.8 Å². The molecule has 4 aliphatic rings. The summed E-state index contributed by atoms with van der Waals surface area (Å²) in [4.78, 5) is 0. The maximum atomic E-state index is 2.46. The normalized spacial score (nSPS) is 41.0. The fraction of sp³-hybridized carbons (Fsp3) is 1.00. The van der Waals surface area contributed by atoms with Crippen LogP contribution in [-0.2, 0) is 0 Å². The van der Waals surface area contributed by atoms with E-state index in [2.05, 4.69) is 18.7 Å². The lowest BCUT2D eigenvalue weighted by Gasteiger charge is -2.36. The minimum Gasteiger partial charge on any atom is -0.155 e. The van der Waals surface area contributed by atoms with Crippen LogP contribution in [0.15, 0.2) is 0 Å². The molecule has 0 saturated heterocycles.